The first kappa shape index (κ1) is 12.2. The fraction of sp³-hybridized carbons (Fsp3) is 0. The van der Waals surface area contributed by atoms with E-state index in [2.05, 4.69) is 5.32 Å². The van der Waals surface area contributed by atoms with E-state index < -0.39 is 0 Å². The number of carbonyl (C=O) groups excluding carboxylic acids is 2. The highest BCUT2D eigenvalue weighted by molar-refractivity contribution is 8.18. The molecule has 5 heteroatoms. The van der Waals surface area contributed by atoms with Gasteiger partial charge in [-0.05, 0) is 41.6 Å². The molecule has 21 heavy (non-hydrogen) atoms. The van der Waals surface area contributed by atoms with Gasteiger partial charge in [0, 0.05) is 10.8 Å². The van der Waals surface area contributed by atoms with E-state index in [1.165, 1.54) is 0 Å². The summed E-state index contributed by atoms with van der Waals surface area (Å²) >= 11 is 0.918. The predicted octanol–water partition coefficient (Wildman–Crippen LogP) is 3.91. The molecule has 2 aromatic carbocycles. The zero-order valence-corrected chi connectivity index (χ0v) is 11.6. The number of amides is 2. The van der Waals surface area contributed by atoms with E-state index in [-0.39, 0.29) is 11.1 Å². The lowest BCUT2D eigenvalue weighted by Crippen LogP contribution is -2.17. The Balaban J connectivity index is 1.87. The molecule has 4 rings (SSSR count). The first-order chi connectivity index (χ1) is 10.2. The van der Waals surface area contributed by atoms with E-state index in [1.807, 2.05) is 42.5 Å². The van der Waals surface area contributed by atoms with Crippen LogP contribution in [0.1, 0.15) is 5.56 Å². The summed E-state index contributed by atoms with van der Waals surface area (Å²) in [5.74, 6) is -0.345. The predicted molar refractivity (Wildman–Crippen MR) is 82.8 cm³/mol. The van der Waals surface area contributed by atoms with Crippen molar-refractivity contribution in [3.8, 4) is 0 Å². The number of benzene rings is 2. The number of fused-ring (bicyclic) bond motifs is 3. The molecule has 102 valence electrons. The third-order valence-electron chi connectivity index (χ3n) is 3.34. The minimum Gasteiger partial charge on any atom is -0.456 e. The van der Waals surface area contributed by atoms with Crippen molar-refractivity contribution in [2.45, 2.75) is 0 Å². The maximum atomic E-state index is 11.6. The van der Waals surface area contributed by atoms with E-state index >= 15 is 0 Å². The van der Waals surface area contributed by atoms with Crippen LogP contribution >= 0.6 is 11.8 Å². The van der Waals surface area contributed by atoms with Crippen LogP contribution in [0, 0.1) is 0 Å². The Bertz CT molecular complexity index is 939. The van der Waals surface area contributed by atoms with Gasteiger partial charge in [-0.1, -0.05) is 24.3 Å². The normalized spacial score (nSPS) is 17.0. The van der Waals surface area contributed by atoms with E-state index in [4.69, 9.17) is 4.42 Å². The van der Waals surface area contributed by atoms with E-state index in [0.717, 1.165) is 39.3 Å². The Hall–Kier alpha value is -2.53. The van der Waals surface area contributed by atoms with Gasteiger partial charge >= 0.3 is 0 Å². The van der Waals surface area contributed by atoms with Gasteiger partial charge in [0.05, 0.1) is 4.91 Å². The minimum atomic E-state index is -0.345. The standard InChI is InChI=1S/C16H9NO3S/c18-15-14(21-16(19)17-15)8-9-5-6-13-11(7-9)10-3-1-2-4-12(10)20-13/h1-8H,(H,17,18,19)/b14-8+. The summed E-state index contributed by atoms with van der Waals surface area (Å²) in [5.41, 5.74) is 2.50. The van der Waals surface area contributed by atoms with Crippen molar-refractivity contribution in [1.82, 2.24) is 5.32 Å². The van der Waals surface area contributed by atoms with Crippen LogP contribution in [0.3, 0.4) is 0 Å². The highest BCUT2D eigenvalue weighted by Crippen LogP contribution is 2.31. The van der Waals surface area contributed by atoms with Crippen LogP contribution in [0.5, 0.6) is 0 Å². The Kier molecular flexibility index (Phi) is 2.62. The molecule has 0 atom stereocenters. The van der Waals surface area contributed by atoms with Crippen LogP contribution in [-0.2, 0) is 4.79 Å². The molecule has 1 fully saturated rings. The van der Waals surface area contributed by atoms with E-state index in [1.54, 1.807) is 6.08 Å². The first-order valence-electron chi connectivity index (χ1n) is 6.37. The number of thioether (sulfide) groups is 1. The molecule has 0 unspecified atom stereocenters. The quantitative estimate of drug-likeness (QED) is 0.691. The number of carbonyl (C=O) groups is 2. The van der Waals surface area contributed by atoms with Gasteiger partial charge in [0.2, 0.25) is 0 Å². The largest absolute Gasteiger partial charge is 0.456 e. The summed E-state index contributed by atoms with van der Waals surface area (Å²) in [4.78, 5) is 23.2. The number of nitrogens with one attached hydrogen (secondary N) is 1. The summed E-state index contributed by atoms with van der Waals surface area (Å²) in [5, 5.41) is 3.94. The molecule has 0 aliphatic carbocycles. The van der Waals surface area contributed by atoms with Crippen LogP contribution in [-0.4, -0.2) is 11.1 Å². The monoisotopic (exact) mass is 295 g/mol. The Morgan fingerprint density at radius 3 is 2.62 bits per heavy atom. The zero-order chi connectivity index (χ0) is 14.4. The average Bonchev–Trinajstić information content (AvgIpc) is 2.99. The average molecular weight is 295 g/mol. The number of furan rings is 1. The molecule has 1 aliphatic rings. The van der Waals surface area contributed by atoms with Crippen molar-refractivity contribution < 1.29 is 14.0 Å². The molecule has 1 saturated heterocycles. The maximum Gasteiger partial charge on any atom is 0.290 e. The Morgan fingerprint density at radius 1 is 1.00 bits per heavy atom. The first-order valence-corrected chi connectivity index (χ1v) is 7.18. The van der Waals surface area contributed by atoms with Gasteiger partial charge in [-0.3, -0.25) is 14.9 Å². The van der Waals surface area contributed by atoms with Gasteiger partial charge in [-0.2, -0.15) is 0 Å². The van der Waals surface area contributed by atoms with Crippen molar-refractivity contribution >= 4 is 50.9 Å². The number of para-hydroxylation sites is 1. The second-order valence-electron chi connectivity index (χ2n) is 4.71. The van der Waals surface area contributed by atoms with Gasteiger partial charge in [0.25, 0.3) is 11.1 Å². The fourth-order valence-electron chi connectivity index (χ4n) is 2.41. The minimum absolute atomic E-state index is 0.332. The molecule has 3 aromatic rings. The molecule has 2 heterocycles. The fourth-order valence-corrected chi connectivity index (χ4v) is 3.09. The summed E-state index contributed by atoms with van der Waals surface area (Å²) in [6.45, 7) is 0. The topological polar surface area (TPSA) is 59.3 Å². The molecule has 0 saturated carbocycles. The molecular weight excluding hydrogens is 286 g/mol. The lowest BCUT2D eigenvalue weighted by molar-refractivity contribution is -0.115. The third-order valence-corrected chi connectivity index (χ3v) is 4.15. The molecule has 1 aromatic heterocycles. The van der Waals surface area contributed by atoms with Crippen molar-refractivity contribution in [3.05, 3.63) is 52.9 Å². The third kappa shape index (κ3) is 2.02. The van der Waals surface area contributed by atoms with E-state index in [0.29, 0.717) is 4.91 Å². The van der Waals surface area contributed by atoms with Crippen LogP contribution in [0.25, 0.3) is 28.0 Å². The van der Waals surface area contributed by atoms with Crippen LogP contribution in [0.15, 0.2) is 51.8 Å². The van der Waals surface area contributed by atoms with Gasteiger partial charge in [-0.25, -0.2) is 0 Å². The maximum absolute atomic E-state index is 11.6. The lowest BCUT2D eigenvalue weighted by atomic mass is 10.1. The second-order valence-corrected chi connectivity index (χ2v) is 5.72. The lowest BCUT2D eigenvalue weighted by Gasteiger charge is -1.96. The molecule has 1 aliphatic heterocycles. The van der Waals surface area contributed by atoms with Crippen molar-refractivity contribution in [3.63, 3.8) is 0 Å². The Morgan fingerprint density at radius 2 is 1.81 bits per heavy atom. The molecule has 2 amide bonds. The summed E-state index contributed by atoms with van der Waals surface area (Å²) in [6, 6.07) is 13.5. The second kappa shape index (κ2) is 4.49. The molecular formula is C16H9NO3S. The summed E-state index contributed by atoms with van der Waals surface area (Å²) < 4.78 is 5.76. The highest BCUT2D eigenvalue weighted by Gasteiger charge is 2.24. The number of rotatable bonds is 1. The van der Waals surface area contributed by atoms with Crippen LogP contribution < -0.4 is 5.32 Å². The van der Waals surface area contributed by atoms with Gasteiger partial charge in [-0.15, -0.1) is 0 Å². The van der Waals surface area contributed by atoms with Gasteiger partial charge in [0.1, 0.15) is 11.2 Å². The summed E-state index contributed by atoms with van der Waals surface area (Å²) in [6.07, 6.45) is 1.71. The van der Waals surface area contributed by atoms with Crippen molar-refractivity contribution in [1.29, 1.82) is 0 Å². The van der Waals surface area contributed by atoms with Crippen LogP contribution in [0.2, 0.25) is 0 Å². The number of imide groups is 1. The number of hydrogen-bond donors (Lipinski definition) is 1. The summed E-state index contributed by atoms with van der Waals surface area (Å²) in [7, 11) is 0. The van der Waals surface area contributed by atoms with Gasteiger partial charge < -0.3 is 4.42 Å². The highest BCUT2D eigenvalue weighted by atomic mass is 32.2. The van der Waals surface area contributed by atoms with Crippen LogP contribution in [0.4, 0.5) is 4.79 Å². The van der Waals surface area contributed by atoms with Gasteiger partial charge in [0.15, 0.2) is 0 Å². The SMILES string of the molecule is O=C1NC(=O)/C(=C\c2ccc3oc4ccccc4c3c2)S1. The van der Waals surface area contributed by atoms with Crippen molar-refractivity contribution in [2.24, 2.45) is 0 Å². The molecule has 0 radical (unpaired) electrons. The van der Waals surface area contributed by atoms with Crippen molar-refractivity contribution in [2.75, 3.05) is 0 Å². The molecule has 4 nitrogen and oxygen atoms in total. The number of hydrogen-bond acceptors (Lipinski definition) is 4. The molecule has 0 bridgehead atoms. The van der Waals surface area contributed by atoms with E-state index in [9.17, 15) is 9.59 Å². The molecule has 0 spiro atoms. The zero-order valence-electron chi connectivity index (χ0n) is 10.8. The smallest absolute Gasteiger partial charge is 0.290 e. The molecule has 1 N–H and O–H groups in total. The Labute approximate surface area is 123 Å².